The van der Waals surface area contributed by atoms with Crippen LogP contribution >= 0.6 is 39.9 Å². The van der Waals surface area contributed by atoms with Crippen molar-refractivity contribution in [2.24, 2.45) is 0 Å². The number of benzene rings is 2. The molecule has 1 aromatic heterocycles. The Bertz CT molecular complexity index is 902. The second-order valence-corrected chi connectivity index (χ2v) is 8.68. The third-order valence-corrected chi connectivity index (χ3v) is 5.16. The normalized spacial score (nSPS) is 11.0. The van der Waals surface area contributed by atoms with Crippen LogP contribution < -0.4 is 5.32 Å². The molecule has 0 fully saturated rings. The van der Waals surface area contributed by atoms with Gasteiger partial charge < -0.3 is 0 Å². The van der Waals surface area contributed by atoms with Gasteiger partial charge in [0.25, 0.3) is 5.91 Å². The Morgan fingerprint density at radius 1 is 1.07 bits per heavy atom. The fourth-order valence-electron chi connectivity index (χ4n) is 2.66. The summed E-state index contributed by atoms with van der Waals surface area (Å²) in [6.45, 7) is 6.42. The van der Waals surface area contributed by atoms with E-state index in [4.69, 9.17) is 16.6 Å². The van der Waals surface area contributed by atoms with Crippen LogP contribution in [0.4, 0.5) is 5.13 Å². The maximum Gasteiger partial charge on any atom is 0.257 e. The lowest BCUT2D eigenvalue weighted by Gasteiger charge is -2.17. The number of nitrogens with one attached hydrogen (secondary N) is 1. The molecule has 27 heavy (non-hydrogen) atoms. The largest absolute Gasteiger partial charge is 0.298 e. The second kappa shape index (κ2) is 9.00. The van der Waals surface area contributed by atoms with Gasteiger partial charge in [0.05, 0.1) is 5.69 Å². The number of hydrogen-bond donors (Lipinski definition) is 1. The molecule has 0 bridgehead atoms. The van der Waals surface area contributed by atoms with E-state index < -0.39 is 0 Å². The number of halogens is 2. The molecule has 3 nitrogen and oxygen atoms in total. The minimum absolute atomic E-state index is 0. The molecule has 0 aliphatic carbocycles. The maximum absolute atomic E-state index is 12.5. The van der Waals surface area contributed by atoms with Gasteiger partial charge in [-0.25, -0.2) is 4.98 Å². The number of rotatable bonds is 4. The van der Waals surface area contributed by atoms with Crippen LogP contribution in [0.3, 0.4) is 0 Å². The minimum atomic E-state index is -0.179. The first-order valence-electron chi connectivity index (χ1n) is 8.44. The van der Waals surface area contributed by atoms with E-state index in [1.807, 2.05) is 18.2 Å². The van der Waals surface area contributed by atoms with Gasteiger partial charge in [0, 0.05) is 27.3 Å². The number of amides is 1. The van der Waals surface area contributed by atoms with Crippen molar-refractivity contribution in [1.29, 1.82) is 0 Å². The predicted octanol–water partition coefficient (Wildman–Crippen LogP) is 6.52. The van der Waals surface area contributed by atoms with E-state index in [1.54, 1.807) is 24.3 Å². The molecule has 0 saturated heterocycles. The highest BCUT2D eigenvalue weighted by atomic mass is 79.9. The molecule has 0 atom stereocenters. The third-order valence-electron chi connectivity index (χ3n) is 3.94. The molecule has 3 rings (SSSR count). The molecule has 1 N–H and O–H groups in total. The number of thiazole rings is 1. The molecule has 6 heteroatoms. The summed E-state index contributed by atoms with van der Waals surface area (Å²) in [5, 5.41) is 4.15. The lowest BCUT2D eigenvalue weighted by Crippen LogP contribution is -2.15. The highest BCUT2D eigenvalue weighted by Gasteiger charge is 2.24. The zero-order chi connectivity index (χ0) is 18.7. The topological polar surface area (TPSA) is 42.0 Å². The Labute approximate surface area is 179 Å². The predicted molar refractivity (Wildman–Crippen MR) is 120 cm³/mol. The van der Waals surface area contributed by atoms with Crippen molar-refractivity contribution in [3.8, 4) is 0 Å². The van der Waals surface area contributed by atoms with E-state index in [9.17, 15) is 4.79 Å². The smallest absolute Gasteiger partial charge is 0.257 e. The Kier molecular flexibility index (Phi) is 7.20. The van der Waals surface area contributed by atoms with Crippen LogP contribution in [0.2, 0.25) is 5.02 Å². The van der Waals surface area contributed by atoms with Gasteiger partial charge >= 0.3 is 0 Å². The molecule has 1 heterocycles. The molecular formula is C21H22BrClN2OS. The van der Waals surface area contributed by atoms with E-state index in [0.29, 0.717) is 15.7 Å². The zero-order valence-electron chi connectivity index (χ0n) is 15.5. The molecule has 3 aromatic rings. The van der Waals surface area contributed by atoms with Crippen LogP contribution in [0.1, 0.15) is 47.3 Å². The van der Waals surface area contributed by atoms with Crippen LogP contribution in [-0.4, -0.2) is 10.9 Å². The number of aromatic nitrogens is 1. The first-order chi connectivity index (χ1) is 12.3. The standard InChI is InChI=1S/C21H21ClN2OS.BrH/c1-21(2,3)18-17(13-14-7-5-4-6-8-14)26-20(23-18)24-19(25)15-9-11-16(22)12-10-15;/h4-12H,13H2,1-3H3,(H,23,24,25);1H. The highest BCUT2D eigenvalue weighted by Crippen LogP contribution is 2.34. The van der Waals surface area contributed by atoms with Crippen molar-refractivity contribution in [1.82, 2.24) is 4.98 Å². The van der Waals surface area contributed by atoms with E-state index in [2.05, 4.69) is 38.2 Å². The van der Waals surface area contributed by atoms with E-state index in [1.165, 1.54) is 21.8 Å². The summed E-state index contributed by atoms with van der Waals surface area (Å²) in [4.78, 5) is 18.4. The van der Waals surface area contributed by atoms with E-state index in [0.717, 1.165) is 12.1 Å². The average molecular weight is 466 g/mol. The fraction of sp³-hybridized carbons (Fsp3) is 0.238. The van der Waals surface area contributed by atoms with Crippen LogP contribution in [-0.2, 0) is 11.8 Å². The molecule has 0 aliphatic rings. The van der Waals surface area contributed by atoms with Crippen LogP contribution in [0.25, 0.3) is 0 Å². The average Bonchev–Trinajstić information content (AvgIpc) is 2.99. The summed E-state index contributed by atoms with van der Waals surface area (Å²) < 4.78 is 0. The van der Waals surface area contributed by atoms with Gasteiger partial charge in [-0.2, -0.15) is 0 Å². The second-order valence-electron chi connectivity index (χ2n) is 7.16. The summed E-state index contributed by atoms with van der Waals surface area (Å²) in [7, 11) is 0. The van der Waals surface area contributed by atoms with Gasteiger partial charge in [0.15, 0.2) is 5.13 Å². The molecular weight excluding hydrogens is 444 g/mol. The third kappa shape index (κ3) is 5.64. The SMILES string of the molecule is Br.CC(C)(C)c1nc(NC(=O)c2ccc(Cl)cc2)sc1Cc1ccccc1. The molecule has 2 aromatic carbocycles. The van der Waals surface area contributed by atoms with Crippen LogP contribution in [0, 0.1) is 0 Å². The summed E-state index contributed by atoms with van der Waals surface area (Å²) in [5.41, 5.74) is 2.73. The lowest BCUT2D eigenvalue weighted by molar-refractivity contribution is 0.102. The Balaban J connectivity index is 0.00000261. The van der Waals surface area contributed by atoms with Crippen molar-refractivity contribution >= 4 is 51.0 Å². The maximum atomic E-state index is 12.5. The van der Waals surface area contributed by atoms with Crippen molar-refractivity contribution in [3.63, 3.8) is 0 Å². The Morgan fingerprint density at radius 3 is 2.30 bits per heavy atom. The number of carbonyl (C=O) groups excluding carboxylic acids is 1. The molecule has 0 saturated carbocycles. The molecule has 0 unspecified atom stereocenters. The quantitative estimate of drug-likeness (QED) is 0.477. The summed E-state index contributed by atoms with van der Waals surface area (Å²) in [6.07, 6.45) is 0.807. The van der Waals surface area contributed by atoms with Gasteiger partial charge in [-0.05, 0) is 29.8 Å². The molecule has 0 spiro atoms. The van der Waals surface area contributed by atoms with Crippen molar-refractivity contribution < 1.29 is 4.79 Å². The summed E-state index contributed by atoms with van der Waals surface area (Å²) in [6, 6.07) is 17.1. The molecule has 0 aliphatic heterocycles. The van der Waals surface area contributed by atoms with Crippen LogP contribution in [0.5, 0.6) is 0 Å². The first kappa shape index (κ1) is 21.6. The Hall–Kier alpha value is -1.69. The first-order valence-corrected chi connectivity index (χ1v) is 9.63. The van der Waals surface area contributed by atoms with Crippen molar-refractivity contribution in [2.75, 3.05) is 5.32 Å². The lowest BCUT2D eigenvalue weighted by atomic mass is 9.90. The van der Waals surface area contributed by atoms with Crippen molar-refractivity contribution in [3.05, 3.63) is 81.3 Å². The summed E-state index contributed by atoms with van der Waals surface area (Å²) >= 11 is 7.42. The monoisotopic (exact) mass is 464 g/mol. The van der Waals surface area contributed by atoms with Gasteiger partial charge in [-0.1, -0.05) is 62.7 Å². The van der Waals surface area contributed by atoms with E-state index in [-0.39, 0.29) is 28.3 Å². The number of nitrogens with zero attached hydrogens (tertiary/aromatic N) is 1. The molecule has 0 radical (unpaired) electrons. The number of anilines is 1. The number of hydrogen-bond acceptors (Lipinski definition) is 3. The Morgan fingerprint density at radius 2 is 1.70 bits per heavy atom. The van der Waals surface area contributed by atoms with Crippen molar-refractivity contribution in [2.45, 2.75) is 32.6 Å². The van der Waals surface area contributed by atoms with Gasteiger partial charge in [-0.3, -0.25) is 10.1 Å². The minimum Gasteiger partial charge on any atom is -0.298 e. The number of carbonyl (C=O) groups is 1. The van der Waals surface area contributed by atoms with Gasteiger partial charge in [0.2, 0.25) is 0 Å². The van der Waals surface area contributed by atoms with E-state index >= 15 is 0 Å². The fourth-order valence-corrected chi connectivity index (χ4v) is 3.99. The molecule has 1 amide bonds. The zero-order valence-corrected chi connectivity index (χ0v) is 18.7. The van der Waals surface area contributed by atoms with Gasteiger partial charge in [-0.15, -0.1) is 28.3 Å². The van der Waals surface area contributed by atoms with Gasteiger partial charge in [0.1, 0.15) is 0 Å². The highest BCUT2D eigenvalue weighted by molar-refractivity contribution is 8.93. The summed E-state index contributed by atoms with van der Waals surface area (Å²) in [5.74, 6) is -0.179. The molecule has 142 valence electrons. The van der Waals surface area contributed by atoms with Crippen LogP contribution in [0.15, 0.2) is 54.6 Å².